The smallest absolute Gasteiger partial charge is 0.158 e. The first-order chi connectivity index (χ1) is 7.40. The average molecular weight is 214 g/mol. The standard InChI is InChI=1S/C12H22O3/c1-13-10-6-2-3-7-11(10)15-12-8-4-5-9-14-12/h10-12H,2-9H2,1H3. The Hall–Kier alpha value is -0.120. The van der Waals surface area contributed by atoms with E-state index in [1.807, 2.05) is 0 Å². The number of ether oxygens (including phenoxy) is 3. The molecule has 3 unspecified atom stereocenters. The van der Waals surface area contributed by atoms with Crippen LogP contribution in [0.3, 0.4) is 0 Å². The van der Waals surface area contributed by atoms with Crippen LogP contribution in [0.1, 0.15) is 44.9 Å². The topological polar surface area (TPSA) is 27.7 Å². The lowest BCUT2D eigenvalue weighted by molar-refractivity contribution is -0.215. The van der Waals surface area contributed by atoms with E-state index < -0.39 is 0 Å². The normalized spacial score (nSPS) is 37.8. The van der Waals surface area contributed by atoms with Crippen LogP contribution < -0.4 is 0 Å². The Balaban J connectivity index is 1.79. The molecule has 3 atom stereocenters. The zero-order chi connectivity index (χ0) is 10.5. The lowest BCUT2D eigenvalue weighted by atomic mass is 9.94. The van der Waals surface area contributed by atoms with Gasteiger partial charge in [0.15, 0.2) is 6.29 Å². The molecule has 0 radical (unpaired) electrons. The fourth-order valence-corrected chi connectivity index (χ4v) is 2.50. The first kappa shape index (κ1) is 11.4. The summed E-state index contributed by atoms with van der Waals surface area (Å²) in [4.78, 5) is 0. The lowest BCUT2D eigenvalue weighted by Crippen LogP contribution is -2.38. The number of rotatable bonds is 3. The van der Waals surface area contributed by atoms with Crippen molar-refractivity contribution in [2.24, 2.45) is 0 Å². The fourth-order valence-electron chi connectivity index (χ4n) is 2.50. The Kier molecular flexibility index (Phi) is 4.42. The van der Waals surface area contributed by atoms with E-state index in [1.54, 1.807) is 7.11 Å². The molecule has 0 aromatic carbocycles. The molecule has 0 amide bonds. The highest BCUT2D eigenvalue weighted by Gasteiger charge is 2.29. The Labute approximate surface area is 92.1 Å². The third kappa shape index (κ3) is 3.16. The SMILES string of the molecule is COC1CCCCC1OC1CCCCO1. The Morgan fingerprint density at radius 2 is 1.67 bits per heavy atom. The molecular weight excluding hydrogens is 192 g/mol. The lowest BCUT2D eigenvalue weighted by Gasteiger charge is -2.34. The van der Waals surface area contributed by atoms with E-state index in [9.17, 15) is 0 Å². The van der Waals surface area contributed by atoms with Gasteiger partial charge in [0.1, 0.15) is 0 Å². The van der Waals surface area contributed by atoms with Crippen LogP contribution in [0.4, 0.5) is 0 Å². The molecule has 1 aliphatic carbocycles. The molecule has 2 fully saturated rings. The molecule has 1 saturated carbocycles. The largest absolute Gasteiger partial charge is 0.379 e. The number of methoxy groups -OCH3 is 1. The molecular formula is C12H22O3. The minimum absolute atomic E-state index is 0.0273. The van der Waals surface area contributed by atoms with Gasteiger partial charge in [0.25, 0.3) is 0 Å². The van der Waals surface area contributed by atoms with Gasteiger partial charge in [0.05, 0.1) is 12.2 Å². The highest BCUT2D eigenvalue weighted by Crippen LogP contribution is 2.26. The maximum atomic E-state index is 5.99. The summed E-state index contributed by atoms with van der Waals surface area (Å²) in [5.74, 6) is 0. The van der Waals surface area contributed by atoms with Gasteiger partial charge in [-0.3, -0.25) is 0 Å². The van der Waals surface area contributed by atoms with Gasteiger partial charge in [0.2, 0.25) is 0 Å². The van der Waals surface area contributed by atoms with Crippen molar-refractivity contribution in [2.75, 3.05) is 13.7 Å². The average Bonchev–Trinajstić information content (AvgIpc) is 2.31. The van der Waals surface area contributed by atoms with E-state index in [2.05, 4.69) is 0 Å². The Morgan fingerprint density at radius 3 is 2.33 bits per heavy atom. The predicted molar refractivity (Wildman–Crippen MR) is 57.7 cm³/mol. The molecule has 1 aliphatic heterocycles. The van der Waals surface area contributed by atoms with Crippen molar-refractivity contribution in [2.45, 2.75) is 63.4 Å². The van der Waals surface area contributed by atoms with Crippen molar-refractivity contribution >= 4 is 0 Å². The highest BCUT2D eigenvalue weighted by atomic mass is 16.7. The van der Waals surface area contributed by atoms with Crippen LogP contribution in [0, 0.1) is 0 Å². The first-order valence-electron chi connectivity index (χ1n) is 6.20. The fraction of sp³-hybridized carbons (Fsp3) is 1.00. The van der Waals surface area contributed by atoms with Crippen LogP contribution in [0.5, 0.6) is 0 Å². The zero-order valence-electron chi connectivity index (χ0n) is 9.61. The van der Waals surface area contributed by atoms with Crippen LogP contribution in [-0.4, -0.2) is 32.2 Å². The van der Waals surface area contributed by atoms with Crippen LogP contribution >= 0.6 is 0 Å². The maximum absolute atomic E-state index is 5.99. The molecule has 0 aromatic rings. The van der Waals surface area contributed by atoms with E-state index in [-0.39, 0.29) is 18.5 Å². The van der Waals surface area contributed by atoms with Gasteiger partial charge < -0.3 is 14.2 Å². The van der Waals surface area contributed by atoms with E-state index in [0.29, 0.717) is 0 Å². The predicted octanol–water partition coefficient (Wildman–Crippen LogP) is 2.49. The quantitative estimate of drug-likeness (QED) is 0.722. The molecule has 15 heavy (non-hydrogen) atoms. The molecule has 0 spiro atoms. The van der Waals surface area contributed by atoms with Gasteiger partial charge in [-0.1, -0.05) is 12.8 Å². The second-order valence-corrected chi connectivity index (χ2v) is 4.53. The molecule has 2 rings (SSSR count). The monoisotopic (exact) mass is 214 g/mol. The third-order valence-electron chi connectivity index (χ3n) is 3.41. The molecule has 0 N–H and O–H groups in total. The summed E-state index contributed by atoms with van der Waals surface area (Å²) in [6, 6.07) is 0. The van der Waals surface area contributed by atoms with Crippen molar-refractivity contribution in [3.8, 4) is 0 Å². The molecule has 3 nitrogen and oxygen atoms in total. The van der Waals surface area contributed by atoms with Gasteiger partial charge in [-0.25, -0.2) is 0 Å². The minimum Gasteiger partial charge on any atom is -0.379 e. The van der Waals surface area contributed by atoms with Crippen molar-refractivity contribution in [3.05, 3.63) is 0 Å². The van der Waals surface area contributed by atoms with Crippen LogP contribution in [-0.2, 0) is 14.2 Å². The summed E-state index contributed by atoms with van der Waals surface area (Å²) in [6.07, 6.45) is 8.81. The molecule has 0 bridgehead atoms. The third-order valence-corrected chi connectivity index (χ3v) is 3.41. The van der Waals surface area contributed by atoms with E-state index in [1.165, 1.54) is 25.7 Å². The second kappa shape index (κ2) is 5.83. The summed E-state index contributed by atoms with van der Waals surface area (Å²) in [5, 5.41) is 0. The van der Waals surface area contributed by atoms with Crippen LogP contribution in [0.15, 0.2) is 0 Å². The summed E-state index contributed by atoms with van der Waals surface area (Å²) < 4.78 is 17.0. The maximum Gasteiger partial charge on any atom is 0.158 e. The van der Waals surface area contributed by atoms with Crippen molar-refractivity contribution < 1.29 is 14.2 Å². The summed E-state index contributed by atoms with van der Waals surface area (Å²) >= 11 is 0. The summed E-state index contributed by atoms with van der Waals surface area (Å²) in [6.45, 7) is 0.856. The molecule has 2 aliphatic rings. The van der Waals surface area contributed by atoms with E-state index in [4.69, 9.17) is 14.2 Å². The number of hydrogen-bond acceptors (Lipinski definition) is 3. The van der Waals surface area contributed by atoms with Crippen molar-refractivity contribution in [1.29, 1.82) is 0 Å². The summed E-state index contributed by atoms with van der Waals surface area (Å²) in [7, 11) is 1.79. The first-order valence-corrected chi connectivity index (χ1v) is 6.20. The van der Waals surface area contributed by atoms with Crippen LogP contribution in [0.2, 0.25) is 0 Å². The molecule has 1 saturated heterocycles. The number of hydrogen-bond donors (Lipinski definition) is 0. The molecule has 88 valence electrons. The summed E-state index contributed by atoms with van der Waals surface area (Å²) in [5.41, 5.74) is 0. The van der Waals surface area contributed by atoms with Crippen molar-refractivity contribution in [1.82, 2.24) is 0 Å². The second-order valence-electron chi connectivity index (χ2n) is 4.53. The van der Waals surface area contributed by atoms with E-state index in [0.717, 1.165) is 25.9 Å². The highest BCUT2D eigenvalue weighted by molar-refractivity contribution is 4.77. The van der Waals surface area contributed by atoms with Gasteiger partial charge in [0, 0.05) is 13.7 Å². The van der Waals surface area contributed by atoms with Gasteiger partial charge in [-0.15, -0.1) is 0 Å². The van der Waals surface area contributed by atoms with Gasteiger partial charge in [-0.2, -0.15) is 0 Å². The van der Waals surface area contributed by atoms with Crippen LogP contribution in [0.25, 0.3) is 0 Å². The Bertz CT molecular complexity index is 178. The molecule has 3 heteroatoms. The molecule has 0 aromatic heterocycles. The zero-order valence-corrected chi connectivity index (χ0v) is 9.61. The minimum atomic E-state index is 0.0273. The van der Waals surface area contributed by atoms with Gasteiger partial charge >= 0.3 is 0 Å². The van der Waals surface area contributed by atoms with E-state index >= 15 is 0 Å². The molecule has 1 heterocycles. The van der Waals surface area contributed by atoms with Gasteiger partial charge in [-0.05, 0) is 32.1 Å². The Morgan fingerprint density at radius 1 is 0.933 bits per heavy atom. The van der Waals surface area contributed by atoms with Crippen molar-refractivity contribution in [3.63, 3.8) is 0 Å².